The van der Waals surface area contributed by atoms with Crippen LogP contribution in [0, 0.1) is 0 Å². The first-order valence-corrected chi connectivity index (χ1v) is 12.5. The van der Waals surface area contributed by atoms with Crippen molar-refractivity contribution in [2.75, 3.05) is 22.4 Å². The van der Waals surface area contributed by atoms with Gasteiger partial charge < -0.3 is 10.6 Å². The quantitative estimate of drug-likeness (QED) is 0.447. The van der Waals surface area contributed by atoms with E-state index < -0.39 is 15.9 Å². The van der Waals surface area contributed by atoms with E-state index in [9.17, 15) is 18.0 Å². The van der Waals surface area contributed by atoms with Gasteiger partial charge in [-0.2, -0.15) is 0 Å². The third-order valence-corrected chi connectivity index (χ3v) is 6.34. The molecule has 2 amide bonds. The second-order valence-corrected chi connectivity index (χ2v) is 9.64. The van der Waals surface area contributed by atoms with Crippen molar-refractivity contribution in [3.05, 3.63) is 108 Å². The molecule has 0 saturated heterocycles. The molecular weight excluding hydrogens is 450 g/mol. The van der Waals surface area contributed by atoms with Gasteiger partial charge in [0.25, 0.3) is 11.8 Å². The minimum absolute atomic E-state index is 0.119. The van der Waals surface area contributed by atoms with Gasteiger partial charge in [0.1, 0.15) is 0 Å². The number of sulfonamides is 1. The lowest BCUT2D eigenvalue weighted by Crippen LogP contribution is -2.30. The standard InChI is InChI=1S/C26H27N3O4S/c1-4-18-29(34(3,32)33)22-16-14-21(15-17-22)25(30)28-24-13-9-8-12-23(24)26(31)27-19(2)20-10-6-5-7-11-20/h4-17,19H,1,18H2,2-3H3,(H,27,31)(H,28,30). The first-order valence-electron chi connectivity index (χ1n) is 10.7. The van der Waals surface area contributed by atoms with Crippen LogP contribution in [0.25, 0.3) is 0 Å². The fourth-order valence-corrected chi connectivity index (χ4v) is 4.29. The lowest BCUT2D eigenvalue weighted by molar-refractivity contribution is 0.0940. The molecule has 0 aromatic heterocycles. The normalized spacial score (nSPS) is 11.8. The summed E-state index contributed by atoms with van der Waals surface area (Å²) in [4.78, 5) is 25.8. The molecule has 0 aliphatic carbocycles. The van der Waals surface area contributed by atoms with Crippen LogP contribution in [-0.2, 0) is 10.0 Å². The zero-order chi connectivity index (χ0) is 24.7. The molecule has 0 bridgehead atoms. The van der Waals surface area contributed by atoms with Gasteiger partial charge in [-0.15, -0.1) is 6.58 Å². The number of nitrogens with one attached hydrogen (secondary N) is 2. The number of hydrogen-bond donors (Lipinski definition) is 2. The van der Waals surface area contributed by atoms with Gasteiger partial charge in [-0.1, -0.05) is 48.5 Å². The Labute approximate surface area is 200 Å². The monoisotopic (exact) mass is 477 g/mol. The third-order valence-electron chi connectivity index (χ3n) is 5.18. The lowest BCUT2D eigenvalue weighted by Gasteiger charge is -2.21. The van der Waals surface area contributed by atoms with Crippen molar-refractivity contribution in [3.8, 4) is 0 Å². The van der Waals surface area contributed by atoms with Gasteiger partial charge in [-0.05, 0) is 48.9 Å². The maximum Gasteiger partial charge on any atom is 0.255 e. The fourth-order valence-electron chi connectivity index (χ4n) is 3.41. The number of anilines is 2. The van der Waals surface area contributed by atoms with Crippen LogP contribution in [0.15, 0.2) is 91.5 Å². The maximum atomic E-state index is 12.9. The maximum absolute atomic E-state index is 12.9. The Hall–Kier alpha value is -3.91. The summed E-state index contributed by atoms with van der Waals surface area (Å²) in [6.45, 7) is 5.60. The number of rotatable bonds is 9. The Kier molecular flexibility index (Phi) is 7.86. The van der Waals surface area contributed by atoms with Crippen LogP contribution in [0.2, 0.25) is 0 Å². The predicted molar refractivity (Wildman–Crippen MR) is 136 cm³/mol. The molecule has 2 N–H and O–H groups in total. The summed E-state index contributed by atoms with van der Waals surface area (Å²) < 4.78 is 25.2. The molecule has 176 valence electrons. The molecule has 3 aromatic carbocycles. The highest BCUT2D eigenvalue weighted by atomic mass is 32.2. The average molecular weight is 478 g/mol. The Balaban J connectivity index is 1.75. The van der Waals surface area contributed by atoms with Crippen LogP contribution in [0.4, 0.5) is 11.4 Å². The summed E-state index contributed by atoms with van der Waals surface area (Å²) in [7, 11) is -3.49. The highest BCUT2D eigenvalue weighted by Crippen LogP contribution is 2.21. The fraction of sp³-hybridized carbons (Fsp3) is 0.154. The Morgan fingerprint density at radius 1 is 0.941 bits per heavy atom. The molecule has 1 unspecified atom stereocenters. The summed E-state index contributed by atoms with van der Waals surface area (Å²) in [6, 6.07) is 22.3. The molecule has 0 aliphatic heterocycles. The number of carbonyl (C=O) groups excluding carboxylic acids is 2. The second-order valence-electron chi connectivity index (χ2n) is 7.74. The molecule has 0 aliphatic rings. The van der Waals surface area contributed by atoms with Crippen molar-refractivity contribution in [2.24, 2.45) is 0 Å². The summed E-state index contributed by atoms with van der Waals surface area (Å²) in [6.07, 6.45) is 2.60. The van der Waals surface area contributed by atoms with E-state index in [-0.39, 0.29) is 18.5 Å². The largest absolute Gasteiger partial charge is 0.345 e. The number of benzene rings is 3. The summed E-state index contributed by atoms with van der Waals surface area (Å²) in [5, 5.41) is 5.73. The topological polar surface area (TPSA) is 95.6 Å². The number of para-hydroxylation sites is 1. The van der Waals surface area contributed by atoms with Crippen molar-refractivity contribution in [3.63, 3.8) is 0 Å². The van der Waals surface area contributed by atoms with Gasteiger partial charge in [0.15, 0.2) is 0 Å². The van der Waals surface area contributed by atoms with Crippen molar-refractivity contribution < 1.29 is 18.0 Å². The van der Waals surface area contributed by atoms with Gasteiger partial charge in [0.05, 0.1) is 35.8 Å². The van der Waals surface area contributed by atoms with Gasteiger partial charge in [0.2, 0.25) is 10.0 Å². The van der Waals surface area contributed by atoms with Gasteiger partial charge in [0, 0.05) is 5.56 Å². The smallest absolute Gasteiger partial charge is 0.255 e. The van der Waals surface area contributed by atoms with Crippen LogP contribution < -0.4 is 14.9 Å². The molecule has 0 radical (unpaired) electrons. The van der Waals surface area contributed by atoms with Crippen molar-refractivity contribution in [2.45, 2.75) is 13.0 Å². The lowest BCUT2D eigenvalue weighted by atomic mass is 10.1. The average Bonchev–Trinajstić information content (AvgIpc) is 2.82. The molecule has 0 spiro atoms. The van der Waals surface area contributed by atoms with Crippen molar-refractivity contribution in [1.82, 2.24) is 5.32 Å². The zero-order valence-electron chi connectivity index (χ0n) is 19.1. The predicted octanol–water partition coefficient (Wildman–Crippen LogP) is 4.38. The van der Waals surface area contributed by atoms with Crippen LogP contribution >= 0.6 is 0 Å². The molecule has 7 nitrogen and oxygen atoms in total. The minimum atomic E-state index is -3.49. The van der Waals surface area contributed by atoms with Crippen molar-refractivity contribution >= 4 is 33.2 Å². The zero-order valence-corrected chi connectivity index (χ0v) is 19.9. The van der Waals surface area contributed by atoms with Crippen LogP contribution in [0.1, 0.15) is 39.2 Å². The molecular formula is C26H27N3O4S. The SMILES string of the molecule is C=CCN(c1ccc(C(=O)Nc2ccccc2C(=O)NC(C)c2ccccc2)cc1)S(C)(=O)=O. The number of nitrogens with zero attached hydrogens (tertiary/aromatic N) is 1. The highest BCUT2D eigenvalue weighted by Gasteiger charge is 2.18. The molecule has 0 fully saturated rings. The van der Waals surface area contributed by atoms with E-state index in [2.05, 4.69) is 17.2 Å². The van der Waals surface area contributed by atoms with E-state index in [0.717, 1.165) is 11.8 Å². The molecule has 0 saturated carbocycles. The first-order chi connectivity index (χ1) is 16.2. The van der Waals surface area contributed by atoms with E-state index >= 15 is 0 Å². The van der Waals surface area contributed by atoms with E-state index in [4.69, 9.17) is 0 Å². The summed E-state index contributed by atoms with van der Waals surface area (Å²) in [5.74, 6) is -0.728. The second kappa shape index (κ2) is 10.8. The Morgan fingerprint density at radius 3 is 2.18 bits per heavy atom. The number of carbonyl (C=O) groups is 2. The van der Waals surface area contributed by atoms with Gasteiger partial charge in [-0.3, -0.25) is 13.9 Å². The minimum Gasteiger partial charge on any atom is -0.345 e. The van der Waals surface area contributed by atoms with Crippen LogP contribution in [0.3, 0.4) is 0 Å². The first kappa shape index (κ1) is 24.7. The molecule has 34 heavy (non-hydrogen) atoms. The molecule has 3 aromatic rings. The molecule has 0 heterocycles. The Bertz CT molecular complexity index is 1270. The number of hydrogen-bond acceptors (Lipinski definition) is 4. The molecule has 3 rings (SSSR count). The van der Waals surface area contributed by atoms with E-state index in [0.29, 0.717) is 22.5 Å². The van der Waals surface area contributed by atoms with Gasteiger partial charge >= 0.3 is 0 Å². The van der Waals surface area contributed by atoms with Crippen LogP contribution in [-0.4, -0.2) is 33.0 Å². The Morgan fingerprint density at radius 2 is 1.56 bits per heavy atom. The third kappa shape index (κ3) is 6.11. The van der Waals surface area contributed by atoms with E-state index in [1.807, 2.05) is 37.3 Å². The molecule has 1 atom stereocenters. The van der Waals surface area contributed by atoms with E-state index in [1.165, 1.54) is 22.5 Å². The van der Waals surface area contributed by atoms with Gasteiger partial charge in [-0.25, -0.2) is 8.42 Å². The van der Waals surface area contributed by atoms with E-state index in [1.54, 1.807) is 36.4 Å². The summed E-state index contributed by atoms with van der Waals surface area (Å²) in [5.41, 5.74) is 2.43. The summed E-state index contributed by atoms with van der Waals surface area (Å²) >= 11 is 0. The molecule has 8 heteroatoms. The van der Waals surface area contributed by atoms with Crippen LogP contribution in [0.5, 0.6) is 0 Å². The highest BCUT2D eigenvalue weighted by molar-refractivity contribution is 7.92. The number of amides is 2. The van der Waals surface area contributed by atoms with Crippen molar-refractivity contribution in [1.29, 1.82) is 0 Å².